The normalized spacial score (nSPS) is 26.3. The Balaban J connectivity index is 1.64. The number of carbonyl (C=O) groups is 2. The standard InChI is InChI=1S/C20H29N3O3S/c1-12-9-23(10-13(2)26-12)20(4,5)11-21-19(25)15-6-7-17-16(8-15)22-18(24)14(3)27-17/h6-8,12-14H,9-11H2,1-5H3,(H,21,25)(H,22,24). The summed E-state index contributed by atoms with van der Waals surface area (Å²) in [5.74, 6) is -0.153. The third kappa shape index (κ3) is 4.65. The molecule has 2 N–H and O–H groups in total. The minimum absolute atomic E-state index is 0.0262. The number of carbonyl (C=O) groups excluding carboxylic acids is 2. The first-order valence-corrected chi connectivity index (χ1v) is 10.3. The van der Waals surface area contributed by atoms with Gasteiger partial charge < -0.3 is 15.4 Å². The number of hydrogen-bond donors (Lipinski definition) is 2. The van der Waals surface area contributed by atoms with Crippen LogP contribution in [0, 0.1) is 0 Å². The maximum atomic E-state index is 12.7. The fourth-order valence-corrected chi connectivity index (χ4v) is 4.46. The molecule has 2 aliphatic rings. The monoisotopic (exact) mass is 391 g/mol. The van der Waals surface area contributed by atoms with Crippen LogP contribution in [0.15, 0.2) is 23.1 Å². The largest absolute Gasteiger partial charge is 0.373 e. The van der Waals surface area contributed by atoms with Crippen molar-refractivity contribution in [3.8, 4) is 0 Å². The van der Waals surface area contributed by atoms with Gasteiger partial charge in [-0.1, -0.05) is 0 Å². The van der Waals surface area contributed by atoms with Crippen LogP contribution in [0.2, 0.25) is 0 Å². The molecule has 0 aliphatic carbocycles. The summed E-state index contributed by atoms with van der Waals surface area (Å²) in [4.78, 5) is 27.9. The van der Waals surface area contributed by atoms with Crippen LogP contribution in [0.4, 0.5) is 5.69 Å². The van der Waals surface area contributed by atoms with Crippen molar-refractivity contribution in [3.63, 3.8) is 0 Å². The zero-order valence-electron chi connectivity index (χ0n) is 16.7. The van der Waals surface area contributed by atoms with Gasteiger partial charge in [-0.05, 0) is 52.8 Å². The molecule has 7 heteroatoms. The maximum absolute atomic E-state index is 12.7. The number of morpholine rings is 1. The third-order valence-electron chi connectivity index (χ3n) is 5.13. The predicted molar refractivity (Wildman–Crippen MR) is 108 cm³/mol. The molecule has 2 heterocycles. The number of benzene rings is 1. The van der Waals surface area contributed by atoms with Crippen molar-refractivity contribution < 1.29 is 14.3 Å². The molecule has 6 nitrogen and oxygen atoms in total. The Hall–Kier alpha value is -1.57. The van der Waals surface area contributed by atoms with Crippen LogP contribution in [-0.4, -0.2) is 59.3 Å². The molecule has 0 saturated carbocycles. The Labute approximate surface area is 165 Å². The van der Waals surface area contributed by atoms with Gasteiger partial charge in [0.05, 0.1) is 23.1 Å². The first-order valence-electron chi connectivity index (χ1n) is 9.46. The fourth-order valence-electron chi connectivity index (χ4n) is 3.53. The number of rotatable bonds is 4. The molecule has 0 aromatic heterocycles. The summed E-state index contributed by atoms with van der Waals surface area (Å²) in [6, 6.07) is 5.48. The highest BCUT2D eigenvalue weighted by atomic mass is 32.2. The van der Waals surface area contributed by atoms with E-state index in [0.29, 0.717) is 17.8 Å². The lowest BCUT2D eigenvalue weighted by Gasteiger charge is -2.45. The van der Waals surface area contributed by atoms with Gasteiger partial charge in [0, 0.05) is 35.6 Å². The van der Waals surface area contributed by atoms with Crippen molar-refractivity contribution in [2.24, 2.45) is 0 Å². The Morgan fingerprint density at radius 1 is 1.30 bits per heavy atom. The van der Waals surface area contributed by atoms with Crippen molar-refractivity contribution in [3.05, 3.63) is 23.8 Å². The molecule has 0 bridgehead atoms. The van der Waals surface area contributed by atoms with Crippen molar-refractivity contribution in [2.45, 2.75) is 62.5 Å². The number of thioether (sulfide) groups is 1. The van der Waals surface area contributed by atoms with Gasteiger partial charge in [0.15, 0.2) is 0 Å². The summed E-state index contributed by atoms with van der Waals surface area (Å²) in [6.07, 6.45) is 0.376. The molecule has 2 aliphatic heterocycles. The molecule has 1 aromatic rings. The molecule has 0 spiro atoms. The molecule has 3 unspecified atom stereocenters. The molecule has 1 fully saturated rings. The second kappa shape index (κ2) is 7.81. The van der Waals surface area contributed by atoms with E-state index in [2.05, 4.69) is 43.2 Å². The molecule has 3 rings (SSSR count). The van der Waals surface area contributed by atoms with Crippen LogP contribution in [-0.2, 0) is 9.53 Å². The van der Waals surface area contributed by atoms with Crippen LogP contribution in [0.25, 0.3) is 0 Å². The smallest absolute Gasteiger partial charge is 0.251 e. The highest BCUT2D eigenvalue weighted by Gasteiger charge is 2.33. The number of nitrogens with one attached hydrogen (secondary N) is 2. The van der Waals surface area contributed by atoms with Crippen molar-refractivity contribution >= 4 is 29.3 Å². The Morgan fingerprint density at radius 2 is 1.96 bits per heavy atom. The number of nitrogens with zero attached hydrogens (tertiary/aromatic N) is 1. The van der Waals surface area contributed by atoms with Gasteiger partial charge in [-0.15, -0.1) is 11.8 Å². The van der Waals surface area contributed by atoms with Gasteiger partial charge in [-0.3, -0.25) is 14.5 Å². The lowest BCUT2D eigenvalue weighted by molar-refractivity contribution is -0.115. The zero-order valence-corrected chi connectivity index (χ0v) is 17.5. The number of amides is 2. The van der Waals surface area contributed by atoms with Crippen LogP contribution < -0.4 is 10.6 Å². The van der Waals surface area contributed by atoms with Crippen molar-refractivity contribution in [1.82, 2.24) is 10.2 Å². The van der Waals surface area contributed by atoms with E-state index in [-0.39, 0.29) is 34.8 Å². The van der Waals surface area contributed by atoms with Gasteiger partial charge in [0.25, 0.3) is 5.91 Å². The Bertz CT molecular complexity index is 727. The van der Waals surface area contributed by atoms with Gasteiger partial charge in [-0.2, -0.15) is 0 Å². The summed E-state index contributed by atoms with van der Waals surface area (Å²) in [5, 5.41) is 5.81. The van der Waals surface area contributed by atoms with Crippen LogP contribution in [0.1, 0.15) is 45.0 Å². The molecule has 3 atom stereocenters. The van der Waals surface area contributed by atoms with Crippen molar-refractivity contribution in [2.75, 3.05) is 25.0 Å². The van der Waals surface area contributed by atoms with E-state index in [1.54, 1.807) is 6.07 Å². The van der Waals surface area contributed by atoms with E-state index in [9.17, 15) is 9.59 Å². The molecule has 0 radical (unpaired) electrons. The highest BCUT2D eigenvalue weighted by Crippen LogP contribution is 2.35. The van der Waals surface area contributed by atoms with E-state index in [0.717, 1.165) is 18.0 Å². The molecular formula is C20H29N3O3S. The zero-order chi connectivity index (χ0) is 19.8. The lowest BCUT2D eigenvalue weighted by Crippen LogP contribution is -2.58. The Morgan fingerprint density at radius 3 is 2.63 bits per heavy atom. The third-order valence-corrected chi connectivity index (χ3v) is 6.31. The number of anilines is 1. The average molecular weight is 392 g/mol. The summed E-state index contributed by atoms with van der Waals surface area (Å²) >= 11 is 1.51. The van der Waals surface area contributed by atoms with Gasteiger partial charge in [-0.25, -0.2) is 0 Å². The summed E-state index contributed by atoms with van der Waals surface area (Å²) < 4.78 is 5.81. The van der Waals surface area contributed by atoms with Crippen LogP contribution >= 0.6 is 11.8 Å². The van der Waals surface area contributed by atoms with Gasteiger partial charge in [0.2, 0.25) is 5.91 Å². The average Bonchev–Trinajstić information content (AvgIpc) is 2.59. The first-order chi connectivity index (χ1) is 12.7. The predicted octanol–water partition coefficient (Wildman–Crippen LogP) is 2.74. The van der Waals surface area contributed by atoms with Crippen molar-refractivity contribution in [1.29, 1.82) is 0 Å². The van der Waals surface area contributed by atoms with Crippen LogP contribution in [0.3, 0.4) is 0 Å². The molecular weight excluding hydrogens is 362 g/mol. The van der Waals surface area contributed by atoms with E-state index in [4.69, 9.17) is 4.74 Å². The molecule has 1 saturated heterocycles. The number of fused-ring (bicyclic) bond motifs is 1. The second-order valence-electron chi connectivity index (χ2n) is 8.12. The van der Waals surface area contributed by atoms with E-state index in [1.807, 2.05) is 19.1 Å². The molecule has 148 valence electrons. The first kappa shape index (κ1) is 20.2. The Kier molecular flexibility index (Phi) is 5.84. The van der Waals surface area contributed by atoms with E-state index < -0.39 is 0 Å². The fraction of sp³-hybridized carbons (Fsp3) is 0.600. The van der Waals surface area contributed by atoms with Crippen LogP contribution in [0.5, 0.6) is 0 Å². The number of ether oxygens (including phenoxy) is 1. The topological polar surface area (TPSA) is 70.7 Å². The van der Waals surface area contributed by atoms with Gasteiger partial charge in [0.1, 0.15) is 0 Å². The SMILES string of the molecule is CC1CN(C(C)(C)CNC(=O)c2ccc3c(c2)NC(=O)C(C)S3)CC(C)O1. The molecule has 2 amide bonds. The quantitative estimate of drug-likeness (QED) is 0.826. The lowest BCUT2D eigenvalue weighted by atomic mass is 10.00. The highest BCUT2D eigenvalue weighted by molar-refractivity contribution is 8.00. The van der Waals surface area contributed by atoms with Gasteiger partial charge >= 0.3 is 0 Å². The molecule has 27 heavy (non-hydrogen) atoms. The summed E-state index contributed by atoms with van der Waals surface area (Å²) in [6.45, 7) is 12.6. The second-order valence-corrected chi connectivity index (χ2v) is 9.50. The number of hydrogen-bond acceptors (Lipinski definition) is 5. The van der Waals surface area contributed by atoms with E-state index in [1.165, 1.54) is 11.8 Å². The minimum Gasteiger partial charge on any atom is -0.373 e. The maximum Gasteiger partial charge on any atom is 0.251 e. The summed E-state index contributed by atoms with van der Waals surface area (Å²) in [7, 11) is 0. The molecule has 1 aromatic carbocycles. The van der Waals surface area contributed by atoms with E-state index >= 15 is 0 Å². The summed E-state index contributed by atoms with van der Waals surface area (Å²) in [5.41, 5.74) is 1.10. The minimum atomic E-state index is -0.171.